The summed E-state index contributed by atoms with van der Waals surface area (Å²) >= 11 is 0. The van der Waals surface area contributed by atoms with Crippen molar-refractivity contribution in [3.05, 3.63) is 24.3 Å². The van der Waals surface area contributed by atoms with Crippen LogP contribution in [0.2, 0.25) is 0 Å². The lowest BCUT2D eigenvalue weighted by Crippen LogP contribution is -2.40. The van der Waals surface area contributed by atoms with Crippen LogP contribution in [0.3, 0.4) is 0 Å². The van der Waals surface area contributed by atoms with Gasteiger partial charge in [0.2, 0.25) is 0 Å². The van der Waals surface area contributed by atoms with Gasteiger partial charge in [-0.05, 0) is 6.92 Å². The third-order valence-corrected chi connectivity index (χ3v) is 1.96. The van der Waals surface area contributed by atoms with Gasteiger partial charge < -0.3 is 14.6 Å². The first kappa shape index (κ1) is 14.4. The van der Waals surface area contributed by atoms with Gasteiger partial charge in [-0.15, -0.1) is 0 Å². The number of esters is 2. The highest BCUT2D eigenvalue weighted by Crippen LogP contribution is 2.18. The Morgan fingerprint density at radius 1 is 1.50 bits per heavy atom. The summed E-state index contributed by atoms with van der Waals surface area (Å²) in [6, 6.07) is 0. The van der Waals surface area contributed by atoms with Gasteiger partial charge in [0.15, 0.2) is 5.60 Å². The van der Waals surface area contributed by atoms with Gasteiger partial charge in [-0.25, -0.2) is 4.79 Å². The molecule has 0 amide bonds. The zero-order valence-electron chi connectivity index (χ0n) is 9.65. The Balaban J connectivity index is 4.90. The zero-order valence-corrected chi connectivity index (χ0v) is 9.65. The summed E-state index contributed by atoms with van der Waals surface area (Å²) in [5.41, 5.74) is -1.64. The highest BCUT2D eigenvalue weighted by molar-refractivity contribution is 5.83. The molecule has 1 atom stereocenters. The molecule has 0 saturated heterocycles. The molecule has 0 aromatic carbocycles. The molecule has 0 bridgehead atoms. The van der Waals surface area contributed by atoms with E-state index in [1.807, 2.05) is 0 Å². The summed E-state index contributed by atoms with van der Waals surface area (Å²) in [6.07, 6.45) is 2.79. The second-order valence-electron chi connectivity index (χ2n) is 3.27. The third-order valence-electron chi connectivity index (χ3n) is 1.96. The lowest BCUT2D eigenvalue weighted by Gasteiger charge is -2.23. The maximum atomic E-state index is 11.3. The van der Waals surface area contributed by atoms with Crippen LogP contribution in [0.15, 0.2) is 24.3 Å². The second kappa shape index (κ2) is 6.07. The fourth-order valence-corrected chi connectivity index (χ4v) is 1.00. The Kier molecular flexibility index (Phi) is 5.46. The molecular formula is C11H16O5. The fourth-order valence-electron chi connectivity index (χ4n) is 1.00. The average molecular weight is 228 g/mol. The van der Waals surface area contributed by atoms with E-state index in [1.54, 1.807) is 0 Å². The molecule has 5 nitrogen and oxygen atoms in total. The van der Waals surface area contributed by atoms with Crippen LogP contribution in [0.25, 0.3) is 0 Å². The lowest BCUT2D eigenvalue weighted by molar-refractivity contribution is -0.158. The molecule has 0 aliphatic carbocycles. The van der Waals surface area contributed by atoms with Gasteiger partial charge in [-0.2, -0.15) is 0 Å². The van der Waals surface area contributed by atoms with E-state index in [1.165, 1.54) is 26.0 Å². The molecule has 0 aliphatic heterocycles. The monoisotopic (exact) mass is 228 g/mol. The predicted molar refractivity (Wildman–Crippen MR) is 57.6 cm³/mol. The number of carbonyl (C=O) groups is 2. The van der Waals surface area contributed by atoms with E-state index >= 15 is 0 Å². The summed E-state index contributed by atoms with van der Waals surface area (Å²) < 4.78 is 9.16. The van der Waals surface area contributed by atoms with E-state index < -0.39 is 17.5 Å². The summed E-state index contributed by atoms with van der Waals surface area (Å²) in [7, 11) is 1.16. The molecular weight excluding hydrogens is 212 g/mol. The van der Waals surface area contributed by atoms with Gasteiger partial charge >= 0.3 is 11.9 Å². The maximum absolute atomic E-state index is 11.3. The van der Waals surface area contributed by atoms with E-state index in [-0.39, 0.29) is 12.2 Å². The van der Waals surface area contributed by atoms with Crippen LogP contribution in [0.5, 0.6) is 0 Å². The molecule has 16 heavy (non-hydrogen) atoms. The molecule has 0 radical (unpaired) electrons. The van der Waals surface area contributed by atoms with Crippen molar-refractivity contribution in [2.24, 2.45) is 0 Å². The number of carbonyl (C=O) groups excluding carboxylic acids is 2. The van der Waals surface area contributed by atoms with Crippen LogP contribution >= 0.6 is 0 Å². The number of methoxy groups -OCH3 is 1. The molecule has 0 aromatic rings. The first-order valence-electron chi connectivity index (χ1n) is 4.62. The van der Waals surface area contributed by atoms with Crippen LogP contribution in [-0.4, -0.2) is 36.4 Å². The van der Waals surface area contributed by atoms with Crippen molar-refractivity contribution in [3.63, 3.8) is 0 Å². The number of rotatable bonds is 5. The quantitative estimate of drug-likeness (QED) is 0.550. The number of ether oxygens (including phenoxy) is 2. The Bertz CT molecular complexity index is 314. The Labute approximate surface area is 94.4 Å². The first-order valence-corrected chi connectivity index (χ1v) is 4.62. The molecule has 0 spiro atoms. The van der Waals surface area contributed by atoms with Crippen LogP contribution in [0.4, 0.5) is 0 Å². The van der Waals surface area contributed by atoms with Crippen molar-refractivity contribution in [2.45, 2.75) is 19.4 Å². The minimum Gasteiger partial charge on any atom is -0.467 e. The van der Waals surface area contributed by atoms with Crippen molar-refractivity contribution in [3.8, 4) is 0 Å². The van der Waals surface area contributed by atoms with E-state index in [0.29, 0.717) is 0 Å². The summed E-state index contributed by atoms with van der Waals surface area (Å²) in [4.78, 5) is 22.0. The zero-order chi connectivity index (χ0) is 12.8. The van der Waals surface area contributed by atoms with E-state index in [2.05, 4.69) is 11.3 Å². The van der Waals surface area contributed by atoms with E-state index in [4.69, 9.17) is 4.74 Å². The normalized spacial score (nSPS) is 14.9. The highest BCUT2D eigenvalue weighted by Gasteiger charge is 2.36. The number of aliphatic hydroxyl groups is 1. The molecule has 0 fully saturated rings. The SMILES string of the molecule is C=C/C=C(\COC(C)=O)[C@@](C)(O)C(=O)OC. The van der Waals surface area contributed by atoms with Gasteiger partial charge in [-0.3, -0.25) is 4.79 Å². The van der Waals surface area contributed by atoms with Gasteiger partial charge in [0.05, 0.1) is 7.11 Å². The van der Waals surface area contributed by atoms with Crippen molar-refractivity contribution >= 4 is 11.9 Å². The van der Waals surface area contributed by atoms with Crippen molar-refractivity contribution in [1.29, 1.82) is 0 Å². The topological polar surface area (TPSA) is 72.8 Å². The van der Waals surface area contributed by atoms with Gasteiger partial charge in [-0.1, -0.05) is 18.7 Å². The maximum Gasteiger partial charge on any atom is 0.342 e. The first-order chi connectivity index (χ1) is 7.36. The standard InChI is InChI=1S/C11H16O5/c1-5-6-9(7-16-8(2)12)11(3,14)10(13)15-4/h5-6,14H,1,7H2,2-4H3/b9-6+/t11-/m1/s1. The van der Waals surface area contributed by atoms with E-state index in [0.717, 1.165) is 7.11 Å². The Morgan fingerprint density at radius 2 is 2.06 bits per heavy atom. The van der Waals surface area contributed by atoms with Crippen molar-refractivity contribution in [1.82, 2.24) is 0 Å². The minimum atomic E-state index is -1.83. The average Bonchev–Trinajstić information content (AvgIpc) is 2.22. The number of hydrogen-bond donors (Lipinski definition) is 1. The molecule has 0 aliphatic rings. The highest BCUT2D eigenvalue weighted by atomic mass is 16.5. The smallest absolute Gasteiger partial charge is 0.342 e. The molecule has 0 aromatic heterocycles. The fraction of sp³-hybridized carbons (Fsp3) is 0.455. The largest absolute Gasteiger partial charge is 0.467 e. The van der Waals surface area contributed by atoms with E-state index in [9.17, 15) is 14.7 Å². The lowest BCUT2D eigenvalue weighted by atomic mass is 9.96. The second-order valence-corrected chi connectivity index (χ2v) is 3.27. The summed E-state index contributed by atoms with van der Waals surface area (Å²) in [5, 5.41) is 9.90. The molecule has 5 heteroatoms. The molecule has 0 rings (SSSR count). The molecule has 90 valence electrons. The van der Waals surface area contributed by atoms with Crippen LogP contribution in [-0.2, 0) is 19.1 Å². The Morgan fingerprint density at radius 3 is 2.44 bits per heavy atom. The van der Waals surface area contributed by atoms with Crippen molar-refractivity contribution in [2.75, 3.05) is 13.7 Å². The van der Waals surface area contributed by atoms with Gasteiger partial charge in [0.1, 0.15) is 6.61 Å². The van der Waals surface area contributed by atoms with Crippen LogP contribution in [0.1, 0.15) is 13.8 Å². The molecule has 1 N–H and O–H groups in total. The van der Waals surface area contributed by atoms with Gasteiger partial charge in [0.25, 0.3) is 0 Å². The minimum absolute atomic E-state index is 0.191. The van der Waals surface area contributed by atoms with Crippen LogP contribution < -0.4 is 0 Å². The third kappa shape index (κ3) is 3.86. The molecule has 0 saturated carbocycles. The summed E-state index contributed by atoms with van der Waals surface area (Å²) in [6.45, 7) is 5.75. The Hall–Kier alpha value is -1.62. The molecule has 0 heterocycles. The van der Waals surface area contributed by atoms with Crippen LogP contribution in [0, 0.1) is 0 Å². The number of allylic oxidation sites excluding steroid dienone is 2. The predicted octanol–water partition coefficient (Wildman–Crippen LogP) is 0.586. The van der Waals surface area contributed by atoms with Gasteiger partial charge in [0, 0.05) is 12.5 Å². The van der Waals surface area contributed by atoms with Crippen molar-refractivity contribution < 1.29 is 24.2 Å². The molecule has 0 unspecified atom stereocenters. The number of hydrogen-bond acceptors (Lipinski definition) is 5. The summed E-state index contributed by atoms with van der Waals surface area (Å²) in [5.74, 6) is -1.33.